The van der Waals surface area contributed by atoms with E-state index in [9.17, 15) is 4.79 Å². The minimum atomic E-state index is -0.243. The summed E-state index contributed by atoms with van der Waals surface area (Å²) in [6.45, 7) is 1.79. The van der Waals surface area contributed by atoms with E-state index < -0.39 is 0 Å². The molecule has 0 aliphatic heterocycles. The van der Waals surface area contributed by atoms with Gasteiger partial charge in [-0.1, -0.05) is 30.3 Å². The molecule has 5 nitrogen and oxygen atoms in total. The zero-order chi connectivity index (χ0) is 16.5. The van der Waals surface area contributed by atoms with Crippen LogP contribution in [0.4, 0.5) is 5.69 Å². The number of carbonyl (C=O) groups is 1. The van der Waals surface area contributed by atoms with Gasteiger partial charge in [-0.3, -0.25) is 4.79 Å². The number of anilines is 1. The van der Waals surface area contributed by atoms with Crippen molar-refractivity contribution in [3.8, 4) is 10.6 Å². The normalized spacial score (nSPS) is 10.9. The second-order valence-electron chi connectivity index (χ2n) is 5.27. The Bertz CT molecular complexity index is 1020. The van der Waals surface area contributed by atoms with Crippen molar-refractivity contribution >= 4 is 34.0 Å². The number of aryl methyl sites for hydroxylation is 1. The van der Waals surface area contributed by atoms with E-state index in [0.717, 1.165) is 10.6 Å². The lowest BCUT2D eigenvalue weighted by Crippen LogP contribution is -2.12. The van der Waals surface area contributed by atoms with Gasteiger partial charge in [-0.05, 0) is 18.2 Å². The summed E-state index contributed by atoms with van der Waals surface area (Å²) in [4.78, 5) is 21.1. The van der Waals surface area contributed by atoms with Gasteiger partial charge in [0.2, 0.25) is 0 Å². The van der Waals surface area contributed by atoms with Gasteiger partial charge in [0.25, 0.3) is 5.91 Å². The Morgan fingerprint density at radius 2 is 1.96 bits per heavy atom. The third-order valence-corrected chi connectivity index (χ3v) is 4.40. The van der Waals surface area contributed by atoms with Crippen molar-refractivity contribution in [2.24, 2.45) is 0 Å². The van der Waals surface area contributed by atoms with Crippen LogP contribution in [0.5, 0.6) is 0 Å². The number of rotatable bonds is 3. The lowest BCUT2D eigenvalue weighted by Gasteiger charge is -2.02. The molecule has 0 atom stereocenters. The molecule has 0 unspecified atom stereocenters. The second kappa shape index (κ2) is 5.90. The van der Waals surface area contributed by atoms with Crippen molar-refractivity contribution in [2.45, 2.75) is 6.92 Å². The Morgan fingerprint density at radius 3 is 2.79 bits per heavy atom. The van der Waals surface area contributed by atoms with Crippen molar-refractivity contribution < 1.29 is 9.21 Å². The molecular formula is C18H13N3O2S. The number of nitrogens with zero attached hydrogens (tertiary/aromatic N) is 2. The molecule has 0 fully saturated rings. The molecule has 4 rings (SSSR count). The molecule has 2 aromatic carbocycles. The first-order valence-electron chi connectivity index (χ1n) is 7.38. The molecule has 4 aromatic rings. The summed E-state index contributed by atoms with van der Waals surface area (Å²) in [5.74, 6) is 0.355. The molecule has 118 valence electrons. The molecule has 0 saturated heterocycles. The fourth-order valence-electron chi connectivity index (χ4n) is 2.41. The molecule has 0 aliphatic carbocycles. The Kier molecular flexibility index (Phi) is 3.59. The van der Waals surface area contributed by atoms with Crippen LogP contribution in [-0.4, -0.2) is 15.9 Å². The maximum absolute atomic E-state index is 12.4. The first kappa shape index (κ1) is 14.6. The van der Waals surface area contributed by atoms with Crippen LogP contribution in [0.2, 0.25) is 0 Å². The maximum Gasteiger partial charge on any atom is 0.275 e. The van der Waals surface area contributed by atoms with Gasteiger partial charge in [-0.2, -0.15) is 0 Å². The van der Waals surface area contributed by atoms with Gasteiger partial charge in [0, 0.05) is 23.6 Å². The number of thiazole rings is 1. The topological polar surface area (TPSA) is 68.0 Å². The van der Waals surface area contributed by atoms with Crippen LogP contribution in [0, 0.1) is 6.92 Å². The zero-order valence-corrected chi connectivity index (χ0v) is 13.6. The first-order chi connectivity index (χ1) is 11.7. The van der Waals surface area contributed by atoms with E-state index in [1.165, 1.54) is 11.3 Å². The van der Waals surface area contributed by atoms with E-state index >= 15 is 0 Å². The van der Waals surface area contributed by atoms with E-state index in [-0.39, 0.29) is 5.91 Å². The Morgan fingerprint density at radius 1 is 1.12 bits per heavy atom. The third-order valence-electron chi connectivity index (χ3n) is 3.51. The molecule has 1 amide bonds. The molecule has 6 heteroatoms. The van der Waals surface area contributed by atoms with Crippen LogP contribution in [0.15, 0.2) is 58.3 Å². The molecule has 0 bridgehead atoms. The quantitative estimate of drug-likeness (QED) is 0.598. The predicted molar refractivity (Wildman–Crippen MR) is 94.2 cm³/mol. The van der Waals surface area contributed by atoms with Crippen molar-refractivity contribution in [3.63, 3.8) is 0 Å². The van der Waals surface area contributed by atoms with Gasteiger partial charge in [0.15, 0.2) is 11.5 Å². The number of fused-ring (bicyclic) bond motifs is 1. The number of benzene rings is 2. The number of hydrogen-bond donors (Lipinski definition) is 1. The number of aromatic nitrogens is 2. The molecule has 2 heterocycles. The lowest BCUT2D eigenvalue weighted by molar-refractivity contribution is 0.102. The number of oxazole rings is 1. The van der Waals surface area contributed by atoms with Crippen LogP contribution < -0.4 is 5.32 Å². The van der Waals surface area contributed by atoms with Gasteiger partial charge in [-0.25, -0.2) is 9.97 Å². The molecule has 0 spiro atoms. The average Bonchev–Trinajstić information content (AvgIpc) is 3.21. The molecule has 24 heavy (non-hydrogen) atoms. The minimum absolute atomic E-state index is 0.243. The van der Waals surface area contributed by atoms with E-state index in [1.54, 1.807) is 30.5 Å². The summed E-state index contributed by atoms with van der Waals surface area (Å²) in [7, 11) is 0. The van der Waals surface area contributed by atoms with Crippen molar-refractivity contribution in [2.75, 3.05) is 5.32 Å². The fraction of sp³-hybridized carbons (Fsp3) is 0.0556. The SMILES string of the molecule is Cc1nc2cc(NC(=O)c3csc(-c4ccccc4)n3)ccc2o1. The number of nitrogens with one attached hydrogen (secondary N) is 1. The zero-order valence-electron chi connectivity index (χ0n) is 12.8. The van der Waals surface area contributed by atoms with E-state index in [1.807, 2.05) is 30.3 Å². The highest BCUT2D eigenvalue weighted by atomic mass is 32.1. The predicted octanol–water partition coefficient (Wildman–Crippen LogP) is 4.51. The first-order valence-corrected chi connectivity index (χ1v) is 8.26. The van der Waals surface area contributed by atoms with E-state index in [4.69, 9.17) is 4.42 Å². The Labute approximate surface area is 142 Å². The van der Waals surface area contributed by atoms with Gasteiger partial charge in [0.1, 0.15) is 16.2 Å². The minimum Gasteiger partial charge on any atom is -0.441 e. The fourth-order valence-corrected chi connectivity index (χ4v) is 3.21. The second-order valence-corrected chi connectivity index (χ2v) is 6.13. The number of carbonyl (C=O) groups excluding carboxylic acids is 1. The standard InChI is InChI=1S/C18H13N3O2S/c1-11-19-14-9-13(7-8-16(14)23-11)20-17(22)15-10-24-18(21-15)12-5-3-2-4-6-12/h2-10H,1H3,(H,20,22). The summed E-state index contributed by atoms with van der Waals surface area (Å²) >= 11 is 1.45. The summed E-state index contributed by atoms with van der Waals surface area (Å²) in [5.41, 5.74) is 3.48. The van der Waals surface area contributed by atoms with Gasteiger partial charge < -0.3 is 9.73 Å². The van der Waals surface area contributed by atoms with Crippen LogP contribution in [0.25, 0.3) is 21.7 Å². The highest BCUT2D eigenvalue weighted by Crippen LogP contribution is 2.24. The summed E-state index contributed by atoms with van der Waals surface area (Å²) < 4.78 is 5.43. The van der Waals surface area contributed by atoms with Crippen LogP contribution >= 0.6 is 11.3 Å². The smallest absolute Gasteiger partial charge is 0.275 e. The summed E-state index contributed by atoms with van der Waals surface area (Å²) in [6, 6.07) is 15.2. The lowest BCUT2D eigenvalue weighted by atomic mass is 10.2. The molecule has 1 N–H and O–H groups in total. The molecule has 0 aliphatic rings. The van der Waals surface area contributed by atoms with Crippen LogP contribution in [0.3, 0.4) is 0 Å². The third kappa shape index (κ3) is 2.79. The molecular weight excluding hydrogens is 322 g/mol. The Balaban J connectivity index is 1.56. The van der Waals surface area contributed by atoms with Gasteiger partial charge in [-0.15, -0.1) is 11.3 Å². The number of amides is 1. The van der Waals surface area contributed by atoms with Crippen LogP contribution in [-0.2, 0) is 0 Å². The van der Waals surface area contributed by atoms with E-state index in [0.29, 0.717) is 28.4 Å². The van der Waals surface area contributed by atoms with Crippen LogP contribution in [0.1, 0.15) is 16.4 Å². The monoisotopic (exact) mass is 335 g/mol. The molecule has 0 saturated carbocycles. The molecule has 0 radical (unpaired) electrons. The summed E-state index contributed by atoms with van der Waals surface area (Å²) in [6.07, 6.45) is 0. The van der Waals surface area contributed by atoms with Gasteiger partial charge >= 0.3 is 0 Å². The highest BCUT2D eigenvalue weighted by Gasteiger charge is 2.13. The van der Waals surface area contributed by atoms with Crippen molar-refractivity contribution in [1.29, 1.82) is 0 Å². The molecule has 2 aromatic heterocycles. The maximum atomic E-state index is 12.4. The van der Waals surface area contributed by atoms with Gasteiger partial charge in [0.05, 0.1) is 0 Å². The van der Waals surface area contributed by atoms with E-state index in [2.05, 4.69) is 15.3 Å². The summed E-state index contributed by atoms with van der Waals surface area (Å²) in [5, 5.41) is 5.43. The highest BCUT2D eigenvalue weighted by molar-refractivity contribution is 7.13. The average molecular weight is 335 g/mol. The Hall–Kier alpha value is -2.99. The largest absolute Gasteiger partial charge is 0.441 e. The van der Waals surface area contributed by atoms with Crippen molar-refractivity contribution in [3.05, 3.63) is 65.5 Å². The van der Waals surface area contributed by atoms with Crippen molar-refractivity contribution in [1.82, 2.24) is 9.97 Å². The number of hydrogen-bond acceptors (Lipinski definition) is 5.